The standard InChI is InChI=1S/C17H14BN5/c18-13-5-3-4-11(8-13)12-9-22-17(23-10-12)15(16(19)20)14-6-1-2-7-21-14/h1-10,22H,(H3,19,20)/b17-15-. The molecule has 6 heteroatoms. The Labute approximate surface area is 135 Å². The molecule has 0 aliphatic carbocycles. The summed E-state index contributed by atoms with van der Waals surface area (Å²) < 4.78 is 0. The van der Waals surface area contributed by atoms with Crippen LogP contribution in [0.1, 0.15) is 11.3 Å². The summed E-state index contributed by atoms with van der Waals surface area (Å²) in [6.07, 6.45) is 5.18. The average Bonchev–Trinajstić information content (AvgIpc) is 2.56. The lowest BCUT2D eigenvalue weighted by Gasteiger charge is -2.15. The van der Waals surface area contributed by atoms with E-state index in [-0.39, 0.29) is 5.84 Å². The predicted molar refractivity (Wildman–Crippen MR) is 94.5 cm³/mol. The molecular weight excluding hydrogens is 285 g/mol. The second-order valence-electron chi connectivity index (χ2n) is 4.98. The van der Waals surface area contributed by atoms with E-state index in [2.05, 4.69) is 15.3 Å². The summed E-state index contributed by atoms with van der Waals surface area (Å²) in [5.74, 6) is 0.396. The van der Waals surface area contributed by atoms with Crippen LogP contribution in [0.5, 0.6) is 0 Å². The molecule has 1 aliphatic heterocycles. The smallest absolute Gasteiger partial charge is 0.143 e. The van der Waals surface area contributed by atoms with E-state index in [1.54, 1.807) is 24.5 Å². The SMILES string of the molecule is [B]c1cccc(C2=CN/C(=C(/C(=N)N)c3ccccn3)N=C2)c1. The van der Waals surface area contributed by atoms with Gasteiger partial charge in [-0.25, -0.2) is 4.99 Å². The number of nitrogens with two attached hydrogens (primary N) is 1. The van der Waals surface area contributed by atoms with Gasteiger partial charge in [0.05, 0.1) is 11.3 Å². The summed E-state index contributed by atoms with van der Waals surface area (Å²) in [6.45, 7) is 0. The monoisotopic (exact) mass is 299 g/mol. The van der Waals surface area contributed by atoms with Crippen molar-refractivity contribution < 1.29 is 0 Å². The van der Waals surface area contributed by atoms with Gasteiger partial charge in [-0.3, -0.25) is 10.4 Å². The Balaban J connectivity index is 1.95. The fourth-order valence-corrected chi connectivity index (χ4v) is 2.27. The van der Waals surface area contributed by atoms with Crippen LogP contribution in [0, 0.1) is 5.41 Å². The third-order valence-electron chi connectivity index (χ3n) is 3.34. The van der Waals surface area contributed by atoms with Crippen LogP contribution in [0.2, 0.25) is 0 Å². The van der Waals surface area contributed by atoms with E-state index in [9.17, 15) is 0 Å². The van der Waals surface area contributed by atoms with Gasteiger partial charge in [-0.05, 0) is 17.7 Å². The first-order valence-electron chi connectivity index (χ1n) is 7.02. The van der Waals surface area contributed by atoms with Gasteiger partial charge in [0.25, 0.3) is 0 Å². The molecule has 0 amide bonds. The van der Waals surface area contributed by atoms with Crippen LogP contribution < -0.4 is 16.5 Å². The van der Waals surface area contributed by atoms with E-state index in [0.717, 1.165) is 11.1 Å². The van der Waals surface area contributed by atoms with Gasteiger partial charge in [0, 0.05) is 24.2 Å². The van der Waals surface area contributed by atoms with E-state index in [0.29, 0.717) is 22.6 Å². The minimum absolute atomic E-state index is 0.0934. The number of amidine groups is 1. The van der Waals surface area contributed by atoms with Crippen molar-refractivity contribution in [3.63, 3.8) is 0 Å². The number of benzene rings is 1. The molecule has 1 aromatic carbocycles. The number of rotatable bonds is 3. The van der Waals surface area contributed by atoms with E-state index >= 15 is 0 Å². The maximum atomic E-state index is 7.80. The Hall–Kier alpha value is -3.15. The largest absolute Gasteiger partial charge is 0.384 e. The van der Waals surface area contributed by atoms with Crippen LogP contribution in [0.4, 0.5) is 0 Å². The molecule has 2 heterocycles. The maximum Gasteiger partial charge on any atom is 0.143 e. The zero-order valence-corrected chi connectivity index (χ0v) is 12.3. The lowest BCUT2D eigenvalue weighted by atomic mass is 9.92. The van der Waals surface area contributed by atoms with Crippen LogP contribution in [0.15, 0.2) is 65.7 Å². The summed E-state index contributed by atoms with van der Waals surface area (Å²) in [5, 5.41) is 10.9. The Morgan fingerprint density at radius 3 is 2.65 bits per heavy atom. The fourth-order valence-electron chi connectivity index (χ4n) is 2.27. The predicted octanol–water partition coefficient (Wildman–Crippen LogP) is 1.20. The number of hydrogen-bond acceptors (Lipinski definition) is 4. The molecule has 0 fully saturated rings. The summed E-state index contributed by atoms with van der Waals surface area (Å²) in [4.78, 5) is 8.62. The Morgan fingerprint density at radius 2 is 2.04 bits per heavy atom. The third kappa shape index (κ3) is 3.21. The molecule has 0 saturated carbocycles. The van der Waals surface area contributed by atoms with Crippen LogP contribution in [-0.4, -0.2) is 24.9 Å². The Kier molecular flexibility index (Phi) is 4.06. The van der Waals surface area contributed by atoms with Crippen molar-refractivity contribution in [3.05, 3.63) is 71.9 Å². The number of aliphatic imine (C=N–C) groups is 1. The highest BCUT2D eigenvalue weighted by atomic mass is 15.0. The zero-order chi connectivity index (χ0) is 16.2. The number of allylic oxidation sites excluding steroid dienone is 1. The molecule has 110 valence electrons. The van der Waals surface area contributed by atoms with Gasteiger partial charge in [0.15, 0.2) is 0 Å². The van der Waals surface area contributed by atoms with Crippen LogP contribution >= 0.6 is 0 Å². The molecule has 3 rings (SSSR count). The lowest BCUT2D eigenvalue weighted by molar-refractivity contribution is 1.03. The van der Waals surface area contributed by atoms with Crippen molar-refractivity contribution in [1.29, 1.82) is 5.41 Å². The van der Waals surface area contributed by atoms with Crippen molar-refractivity contribution in [3.8, 4) is 0 Å². The van der Waals surface area contributed by atoms with Crippen molar-refractivity contribution >= 4 is 36.5 Å². The first-order chi connectivity index (χ1) is 11.1. The van der Waals surface area contributed by atoms with Crippen molar-refractivity contribution in [2.24, 2.45) is 10.7 Å². The van der Waals surface area contributed by atoms with Gasteiger partial charge in [-0.1, -0.05) is 35.8 Å². The topological polar surface area (TPSA) is 87.2 Å². The van der Waals surface area contributed by atoms with Crippen molar-refractivity contribution in [2.45, 2.75) is 0 Å². The summed E-state index contributed by atoms with van der Waals surface area (Å²) in [6, 6.07) is 13.0. The first-order valence-corrected chi connectivity index (χ1v) is 7.02. The van der Waals surface area contributed by atoms with Crippen LogP contribution in [0.25, 0.3) is 11.1 Å². The molecule has 23 heavy (non-hydrogen) atoms. The minimum Gasteiger partial charge on any atom is -0.384 e. The molecule has 0 spiro atoms. The summed E-state index contributed by atoms with van der Waals surface area (Å²) >= 11 is 0. The number of hydrogen-bond donors (Lipinski definition) is 3. The van der Waals surface area contributed by atoms with Gasteiger partial charge in [-0.2, -0.15) is 0 Å². The molecule has 0 bridgehead atoms. The molecule has 5 nitrogen and oxygen atoms in total. The van der Waals surface area contributed by atoms with Gasteiger partial charge < -0.3 is 11.1 Å². The Morgan fingerprint density at radius 1 is 1.17 bits per heavy atom. The average molecular weight is 299 g/mol. The molecule has 2 aromatic rings. The molecule has 0 atom stereocenters. The van der Waals surface area contributed by atoms with E-state index < -0.39 is 0 Å². The highest BCUT2D eigenvalue weighted by molar-refractivity contribution is 6.32. The molecular formula is C17H14BN5. The van der Waals surface area contributed by atoms with Gasteiger partial charge in [0.2, 0.25) is 0 Å². The zero-order valence-electron chi connectivity index (χ0n) is 12.3. The molecule has 0 unspecified atom stereocenters. The van der Waals surface area contributed by atoms with E-state index in [1.807, 2.05) is 36.5 Å². The second kappa shape index (κ2) is 6.31. The van der Waals surface area contributed by atoms with Gasteiger partial charge in [0.1, 0.15) is 19.5 Å². The minimum atomic E-state index is -0.0934. The quantitative estimate of drug-likeness (QED) is 0.452. The molecule has 4 N–H and O–H groups in total. The third-order valence-corrected chi connectivity index (χ3v) is 3.34. The molecule has 1 aliphatic rings. The fraction of sp³-hybridized carbons (Fsp3) is 0. The van der Waals surface area contributed by atoms with Crippen LogP contribution in [0.3, 0.4) is 0 Å². The number of pyridine rings is 1. The molecule has 0 saturated heterocycles. The number of nitrogens with zero attached hydrogens (tertiary/aromatic N) is 2. The number of nitrogens with one attached hydrogen (secondary N) is 2. The summed E-state index contributed by atoms with van der Waals surface area (Å²) in [7, 11) is 5.80. The van der Waals surface area contributed by atoms with E-state index in [1.165, 1.54) is 0 Å². The van der Waals surface area contributed by atoms with Gasteiger partial charge in [-0.15, -0.1) is 0 Å². The molecule has 2 radical (unpaired) electrons. The molecule has 1 aromatic heterocycles. The highest BCUT2D eigenvalue weighted by Gasteiger charge is 2.15. The number of aromatic nitrogens is 1. The normalized spacial score (nSPS) is 15.6. The maximum absolute atomic E-state index is 7.80. The summed E-state index contributed by atoms with van der Waals surface area (Å²) in [5.41, 5.74) is 9.30. The van der Waals surface area contributed by atoms with Gasteiger partial charge >= 0.3 is 0 Å². The second-order valence-corrected chi connectivity index (χ2v) is 4.98. The first kappa shape index (κ1) is 14.8. The van der Waals surface area contributed by atoms with Crippen molar-refractivity contribution in [2.75, 3.05) is 0 Å². The van der Waals surface area contributed by atoms with Crippen LogP contribution in [-0.2, 0) is 0 Å². The highest BCUT2D eigenvalue weighted by Crippen LogP contribution is 2.20. The lowest BCUT2D eigenvalue weighted by Crippen LogP contribution is -2.20. The van der Waals surface area contributed by atoms with E-state index in [4.69, 9.17) is 19.0 Å². The Bertz CT molecular complexity index is 837. The van der Waals surface area contributed by atoms with Crippen molar-refractivity contribution in [1.82, 2.24) is 10.3 Å².